The van der Waals surface area contributed by atoms with E-state index < -0.39 is 42.3 Å². The van der Waals surface area contributed by atoms with Gasteiger partial charge < -0.3 is 20.1 Å². The van der Waals surface area contributed by atoms with Gasteiger partial charge in [-0.2, -0.15) is 13.2 Å². The van der Waals surface area contributed by atoms with Gasteiger partial charge in [0, 0.05) is 28.5 Å². The highest BCUT2D eigenvalue weighted by Crippen LogP contribution is 2.35. The Morgan fingerprint density at radius 2 is 2.00 bits per heavy atom. The van der Waals surface area contributed by atoms with E-state index in [0.717, 1.165) is 22.6 Å². The number of nitrogens with two attached hydrogens (primary N) is 1. The molecular formula is C25H27F4N3O3. The number of nitrogen functional groups attached to an aromatic ring is 1. The minimum absolute atomic E-state index is 0.0541. The maximum atomic E-state index is 15.0. The molecule has 4 rings (SSSR count). The Balaban J connectivity index is 1.64. The normalized spacial score (nSPS) is 21.8. The van der Waals surface area contributed by atoms with Crippen molar-refractivity contribution >= 4 is 22.6 Å². The van der Waals surface area contributed by atoms with E-state index in [1.807, 2.05) is 0 Å². The first-order valence-corrected chi connectivity index (χ1v) is 11.3. The Morgan fingerprint density at radius 1 is 1.29 bits per heavy atom. The van der Waals surface area contributed by atoms with Crippen molar-refractivity contribution in [1.29, 1.82) is 0 Å². The number of carbonyl (C=O) groups excluding carboxylic acids is 1. The maximum absolute atomic E-state index is 15.0. The van der Waals surface area contributed by atoms with Crippen LogP contribution in [0, 0.1) is 0 Å². The maximum Gasteiger partial charge on any atom is 0.412 e. The molecular weight excluding hydrogens is 466 g/mol. The summed E-state index contributed by atoms with van der Waals surface area (Å²) in [5.41, 5.74) is 7.53. The fraction of sp³-hybridized carbons (Fsp3) is 0.440. The number of benzene rings is 1. The van der Waals surface area contributed by atoms with Gasteiger partial charge >= 0.3 is 6.18 Å². The number of nitrogens with zero attached hydrogens (tertiary/aromatic N) is 2. The number of carbonyl (C=O) groups is 1. The number of fused-ring (bicyclic) bond motifs is 3. The number of morpholine rings is 1. The summed E-state index contributed by atoms with van der Waals surface area (Å²) in [5.74, 6) is -0.0109. The highest BCUT2D eigenvalue weighted by atomic mass is 19.4. The number of pyridine rings is 1. The van der Waals surface area contributed by atoms with Crippen molar-refractivity contribution in [2.24, 2.45) is 0 Å². The van der Waals surface area contributed by atoms with Crippen LogP contribution >= 0.6 is 0 Å². The number of amides is 1. The molecule has 35 heavy (non-hydrogen) atoms. The van der Waals surface area contributed by atoms with E-state index in [-0.39, 0.29) is 18.8 Å². The van der Waals surface area contributed by atoms with E-state index in [0.29, 0.717) is 30.1 Å². The van der Waals surface area contributed by atoms with Crippen molar-refractivity contribution in [3.63, 3.8) is 0 Å². The summed E-state index contributed by atoms with van der Waals surface area (Å²) in [6, 6.07) is 3.64. The van der Waals surface area contributed by atoms with Crippen LogP contribution in [-0.4, -0.2) is 53.4 Å². The number of hydrogen-bond donors (Lipinski definition) is 1. The molecule has 2 aromatic rings. The average molecular weight is 494 g/mol. The summed E-state index contributed by atoms with van der Waals surface area (Å²) >= 11 is 0. The van der Waals surface area contributed by atoms with Gasteiger partial charge in [-0.05, 0) is 43.2 Å². The second-order valence-electron chi connectivity index (χ2n) is 8.85. The molecule has 0 saturated carbocycles. The highest BCUT2D eigenvalue weighted by Gasteiger charge is 2.40. The van der Waals surface area contributed by atoms with Crippen LogP contribution in [-0.2, 0) is 22.7 Å². The molecule has 6 nitrogen and oxygen atoms in total. The van der Waals surface area contributed by atoms with E-state index in [4.69, 9.17) is 15.2 Å². The fourth-order valence-corrected chi connectivity index (χ4v) is 4.63. The van der Waals surface area contributed by atoms with E-state index in [1.54, 1.807) is 25.1 Å². The second-order valence-corrected chi connectivity index (χ2v) is 8.85. The highest BCUT2D eigenvalue weighted by molar-refractivity contribution is 5.99. The molecule has 1 aromatic heterocycles. The lowest BCUT2D eigenvalue weighted by Gasteiger charge is -2.42. The molecule has 1 unspecified atom stereocenters. The van der Waals surface area contributed by atoms with Gasteiger partial charge in [0.05, 0.1) is 44.0 Å². The van der Waals surface area contributed by atoms with Gasteiger partial charge in [-0.3, -0.25) is 4.79 Å². The zero-order valence-electron chi connectivity index (χ0n) is 19.5. The number of anilines is 1. The standard InChI is InChI=1S/C25H27F4N3O3/c1-4-16(25(27,28)29)8-20(26)14(3)22-12-34-9-13(2)32(22)24(33)15-5-6-21-17(7-15)18-10-35-11-19(18)23(30)31-21/h4-7,13,20,22H,3,8-12H2,1-2H3,(H2,30,31)/b16-4+/t13-,20?,22-/m0/s1. The number of alkyl halides is 4. The summed E-state index contributed by atoms with van der Waals surface area (Å²) in [6.07, 6.45) is -6.67. The summed E-state index contributed by atoms with van der Waals surface area (Å²) in [4.78, 5) is 19.5. The van der Waals surface area contributed by atoms with E-state index in [9.17, 15) is 18.0 Å². The van der Waals surface area contributed by atoms with Gasteiger partial charge in [0.1, 0.15) is 12.0 Å². The first-order valence-electron chi connectivity index (χ1n) is 11.3. The monoisotopic (exact) mass is 493 g/mol. The predicted octanol–water partition coefficient (Wildman–Crippen LogP) is 4.87. The van der Waals surface area contributed by atoms with Crippen LogP contribution in [0.4, 0.5) is 23.4 Å². The molecule has 3 heterocycles. The van der Waals surface area contributed by atoms with Crippen LogP contribution < -0.4 is 5.73 Å². The van der Waals surface area contributed by atoms with Gasteiger partial charge in [-0.1, -0.05) is 12.7 Å². The van der Waals surface area contributed by atoms with Gasteiger partial charge in [0.15, 0.2) is 0 Å². The number of hydrogen-bond acceptors (Lipinski definition) is 5. The Bertz CT molecular complexity index is 1190. The van der Waals surface area contributed by atoms with Crippen LogP contribution in [0.15, 0.2) is 42.0 Å². The molecule has 1 fully saturated rings. The predicted molar refractivity (Wildman–Crippen MR) is 123 cm³/mol. The van der Waals surface area contributed by atoms with Gasteiger partial charge in [-0.25, -0.2) is 9.37 Å². The summed E-state index contributed by atoms with van der Waals surface area (Å²) in [7, 11) is 0. The molecule has 3 atom stereocenters. The molecule has 0 radical (unpaired) electrons. The SMILES string of the molecule is C=C(C(F)C/C(=C\C)C(F)(F)F)[C@@H]1COC[C@H](C)N1C(=O)c1ccc2nc(N)c3c(c2c1)COC3. The lowest BCUT2D eigenvalue weighted by atomic mass is 9.94. The van der Waals surface area contributed by atoms with Crippen LogP contribution in [0.5, 0.6) is 0 Å². The van der Waals surface area contributed by atoms with Crippen molar-refractivity contribution in [2.45, 2.75) is 57.9 Å². The molecule has 0 spiro atoms. The number of aromatic nitrogens is 1. The minimum atomic E-state index is -4.64. The third-order valence-corrected chi connectivity index (χ3v) is 6.60. The molecule has 10 heteroatoms. The molecule has 0 bridgehead atoms. The Labute approximate surface area is 200 Å². The smallest absolute Gasteiger partial charge is 0.383 e. The third-order valence-electron chi connectivity index (χ3n) is 6.60. The fourth-order valence-electron chi connectivity index (χ4n) is 4.63. The van der Waals surface area contributed by atoms with Gasteiger partial charge in [0.25, 0.3) is 5.91 Å². The Kier molecular flexibility index (Phi) is 6.88. The zero-order chi connectivity index (χ0) is 25.5. The average Bonchev–Trinajstić information content (AvgIpc) is 3.31. The number of ether oxygens (including phenoxy) is 2. The van der Waals surface area contributed by atoms with Crippen molar-refractivity contribution in [3.05, 3.63) is 58.7 Å². The molecule has 188 valence electrons. The quantitative estimate of drug-likeness (QED) is 0.475. The van der Waals surface area contributed by atoms with Crippen LogP contribution in [0.25, 0.3) is 10.9 Å². The van der Waals surface area contributed by atoms with Gasteiger partial charge in [0.2, 0.25) is 0 Å². The minimum Gasteiger partial charge on any atom is -0.383 e. The molecule has 2 aliphatic rings. The number of allylic oxidation sites excluding steroid dienone is 2. The molecule has 1 saturated heterocycles. The molecule has 2 aliphatic heterocycles. The lowest BCUT2D eigenvalue weighted by molar-refractivity contribution is -0.0957. The molecule has 2 N–H and O–H groups in total. The van der Waals surface area contributed by atoms with Crippen LogP contribution in [0.3, 0.4) is 0 Å². The number of halogens is 4. The third kappa shape index (κ3) is 4.77. The Hall–Kier alpha value is -2.98. The van der Waals surface area contributed by atoms with E-state index in [2.05, 4.69) is 11.6 Å². The first-order chi connectivity index (χ1) is 16.5. The largest absolute Gasteiger partial charge is 0.412 e. The van der Waals surface area contributed by atoms with Crippen molar-refractivity contribution < 1.29 is 31.8 Å². The van der Waals surface area contributed by atoms with E-state index in [1.165, 1.54) is 11.8 Å². The van der Waals surface area contributed by atoms with Crippen molar-refractivity contribution in [2.75, 3.05) is 18.9 Å². The van der Waals surface area contributed by atoms with Crippen LogP contribution in [0.2, 0.25) is 0 Å². The topological polar surface area (TPSA) is 77.7 Å². The summed E-state index contributed by atoms with van der Waals surface area (Å²) in [6.45, 7) is 7.53. The van der Waals surface area contributed by atoms with Crippen molar-refractivity contribution in [3.8, 4) is 0 Å². The Morgan fingerprint density at radius 3 is 2.69 bits per heavy atom. The molecule has 1 amide bonds. The van der Waals surface area contributed by atoms with Gasteiger partial charge in [-0.15, -0.1) is 0 Å². The first kappa shape index (κ1) is 25.1. The van der Waals surface area contributed by atoms with Crippen LogP contribution in [0.1, 0.15) is 41.8 Å². The summed E-state index contributed by atoms with van der Waals surface area (Å²) < 4.78 is 65.5. The van der Waals surface area contributed by atoms with Crippen molar-refractivity contribution in [1.82, 2.24) is 9.88 Å². The zero-order valence-corrected chi connectivity index (χ0v) is 19.5. The molecule has 0 aliphatic carbocycles. The second kappa shape index (κ2) is 9.58. The lowest BCUT2D eigenvalue weighted by Crippen LogP contribution is -2.55. The van der Waals surface area contributed by atoms with E-state index >= 15 is 4.39 Å². The molecule has 1 aromatic carbocycles. The number of rotatable bonds is 5. The summed E-state index contributed by atoms with van der Waals surface area (Å²) in [5, 5.41) is 0.736.